The second-order valence-electron chi connectivity index (χ2n) is 18.0. The lowest BCUT2D eigenvalue weighted by atomic mass is 9.99. The van der Waals surface area contributed by atoms with Crippen molar-refractivity contribution in [3.05, 3.63) is 279 Å². The predicted molar refractivity (Wildman–Crippen MR) is 295 cm³/mol. The Kier molecular flexibility index (Phi) is 9.88. The summed E-state index contributed by atoms with van der Waals surface area (Å²) in [5, 5.41) is 10.3. The van der Waals surface area contributed by atoms with E-state index in [1.807, 2.05) is 0 Å². The SMILES string of the molecule is c1ccc(-c2cccc([Si](c3ccccc3)(c3cc(-c4ccccc4)cc(-c4ccccc4)c3)c3cccc(-n4c5ccccc5c5c4ccc4c6ccccc6n(-c6ccccc6)c45)c3)c2)cc1. The molecule has 0 spiro atoms. The van der Waals surface area contributed by atoms with Crippen LogP contribution in [0.5, 0.6) is 0 Å². The standard InChI is InChI=1S/C66H46N2Si/c1-6-22-47(23-7-1)50-28-20-34-56(43-50)69(55-32-14-5-15-33-55,58-44-51(48-24-8-2-9-25-48)42-52(45-58)49-26-10-3-11-27-49)57-35-21-31-54(46-57)67-63-39-19-17-37-61(63)65-64(67)41-40-60-59-36-16-18-38-62(59)68(66(60)65)53-29-12-4-13-30-53/h1-46H. The average molecular weight is 895 g/mol. The number of para-hydroxylation sites is 3. The van der Waals surface area contributed by atoms with Gasteiger partial charge in [-0.3, -0.25) is 0 Å². The van der Waals surface area contributed by atoms with E-state index >= 15 is 0 Å². The van der Waals surface area contributed by atoms with E-state index in [9.17, 15) is 0 Å². The summed E-state index contributed by atoms with van der Waals surface area (Å²) in [6, 6.07) is 104. The van der Waals surface area contributed by atoms with Crippen molar-refractivity contribution in [2.75, 3.05) is 0 Å². The molecule has 0 aliphatic heterocycles. The van der Waals surface area contributed by atoms with Gasteiger partial charge in [0.15, 0.2) is 8.07 Å². The minimum Gasteiger partial charge on any atom is -0.309 e. The lowest BCUT2D eigenvalue weighted by molar-refractivity contribution is 1.18. The van der Waals surface area contributed by atoms with Gasteiger partial charge in [0.25, 0.3) is 0 Å². The van der Waals surface area contributed by atoms with Gasteiger partial charge in [0.2, 0.25) is 0 Å². The molecule has 0 radical (unpaired) electrons. The number of benzene rings is 11. The van der Waals surface area contributed by atoms with Gasteiger partial charge in [0, 0.05) is 32.9 Å². The zero-order valence-electron chi connectivity index (χ0n) is 38.0. The van der Waals surface area contributed by atoms with Crippen molar-refractivity contribution in [3.63, 3.8) is 0 Å². The number of nitrogens with zero attached hydrogens (tertiary/aromatic N) is 2. The number of hydrogen-bond donors (Lipinski definition) is 0. The number of hydrogen-bond acceptors (Lipinski definition) is 0. The number of rotatable bonds is 9. The van der Waals surface area contributed by atoms with Gasteiger partial charge in [-0.15, -0.1) is 0 Å². The van der Waals surface area contributed by atoms with E-state index in [-0.39, 0.29) is 0 Å². The molecule has 0 aliphatic rings. The Morgan fingerprint density at radius 2 is 0.681 bits per heavy atom. The number of aromatic nitrogens is 2. The van der Waals surface area contributed by atoms with Gasteiger partial charge >= 0.3 is 0 Å². The van der Waals surface area contributed by atoms with Crippen LogP contribution in [0.25, 0.3) is 88.4 Å². The minimum absolute atomic E-state index is 1.13. The molecule has 1 unspecified atom stereocenters. The summed E-state index contributed by atoms with van der Waals surface area (Å²) >= 11 is 0. The molecule has 1 atom stereocenters. The Morgan fingerprint density at radius 3 is 1.32 bits per heavy atom. The monoisotopic (exact) mass is 894 g/mol. The fraction of sp³-hybridized carbons (Fsp3) is 0. The maximum atomic E-state index is 2.52. The second kappa shape index (κ2) is 16.8. The zero-order valence-corrected chi connectivity index (χ0v) is 39.0. The first-order valence-corrected chi connectivity index (χ1v) is 25.8. The summed E-state index contributed by atoms with van der Waals surface area (Å²) in [5.41, 5.74) is 14.3. The molecule has 3 heteroatoms. The molecule has 2 nitrogen and oxygen atoms in total. The maximum Gasteiger partial charge on any atom is 0.179 e. The second-order valence-corrected chi connectivity index (χ2v) is 21.9. The van der Waals surface area contributed by atoms with Gasteiger partial charge in [0.1, 0.15) is 0 Å². The van der Waals surface area contributed by atoms with Crippen molar-refractivity contribution in [2.45, 2.75) is 0 Å². The Morgan fingerprint density at radius 1 is 0.232 bits per heavy atom. The third-order valence-corrected chi connectivity index (χ3v) is 18.9. The molecule has 69 heavy (non-hydrogen) atoms. The third kappa shape index (κ3) is 6.70. The van der Waals surface area contributed by atoms with E-state index in [0.717, 1.165) is 11.4 Å². The first kappa shape index (κ1) is 40.5. The number of fused-ring (bicyclic) bond motifs is 7. The van der Waals surface area contributed by atoms with E-state index in [2.05, 4.69) is 288 Å². The molecular formula is C66H46N2Si. The summed E-state index contributed by atoms with van der Waals surface area (Å²) in [6.07, 6.45) is 0. The minimum atomic E-state index is -3.21. The average Bonchev–Trinajstić information content (AvgIpc) is 3.96. The van der Waals surface area contributed by atoms with E-state index in [0.29, 0.717) is 0 Å². The van der Waals surface area contributed by atoms with E-state index < -0.39 is 8.07 Å². The first-order chi connectivity index (χ1) is 34.2. The van der Waals surface area contributed by atoms with Crippen molar-refractivity contribution >= 4 is 72.4 Å². The van der Waals surface area contributed by atoms with Gasteiger partial charge in [0.05, 0.1) is 22.1 Å². The molecule has 0 saturated carbocycles. The highest BCUT2D eigenvalue weighted by Gasteiger charge is 2.42. The van der Waals surface area contributed by atoms with Crippen LogP contribution in [0.15, 0.2) is 279 Å². The van der Waals surface area contributed by atoms with Crippen LogP contribution in [0.1, 0.15) is 0 Å². The third-order valence-electron chi connectivity index (χ3n) is 14.2. The summed E-state index contributed by atoms with van der Waals surface area (Å²) in [6.45, 7) is 0. The van der Waals surface area contributed by atoms with E-state index in [1.54, 1.807) is 0 Å². The fourth-order valence-electron chi connectivity index (χ4n) is 11.2. The molecule has 2 aromatic heterocycles. The van der Waals surface area contributed by atoms with Gasteiger partial charge in [-0.1, -0.05) is 231 Å². The summed E-state index contributed by atoms with van der Waals surface area (Å²) in [7, 11) is -3.21. The smallest absolute Gasteiger partial charge is 0.179 e. The van der Waals surface area contributed by atoms with Crippen LogP contribution in [0.4, 0.5) is 0 Å². The molecule has 11 aromatic carbocycles. The highest BCUT2D eigenvalue weighted by atomic mass is 28.3. The molecule has 0 fully saturated rings. The highest BCUT2D eigenvalue weighted by molar-refractivity contribution is 7.20. The van der Waals surface area contributed by atoms with Crippen molar-refractivity contribution in [3.8, 4) is 44.8 Å². The van der Waals surface area contributed by atoms with Crippen LogP contribution in [-0.2, 0) is 0 Å². The summed E-state index contributed by atoms with van der Waals surface area (Å²) < 4.78 is 4.98. The molecular weight excluding hydrogens is 849 g/mol. The Labute approximate surface area is 403 Å². The van der Waals surface area contributed by atoms with Gasteiger partial charge < -0.3 is 9.13 Å². The normalized spacial score (nSPS) is 12.5. The summed E-state index contributed by atoms with van der Waals surface area (Å²) in [4.78, 5) is 0. The lowest BCUT2D eigenvalue weighted by Gasteiger charge is -2.36. The Bertz CT molecular complexity index is 3930. The first-order valence-electron chi connectivity index (χ1n) is 23.8. The van der Waals surface area contributed by atoms with Crippen LogP contribution < -0.4 is 20.7 Å². The molecule has 2 heterocycles. The largest absolute Gasteiger partial charge is 0.309 e. The fourth-order valence-corrected chi connectivity index (χ4v) is 16.1. The maximum absolute atomic E-state index is 3.21. The van der Waals surface area contributed by atoms with Crippen molar-refractivity contribution in [2.24, 2.45) is 0 Å². The van der Waals surface area contributed by atoms with Crippen molar-refractivity contribution < 1.29 is 0 Å². The van der Waals surface area contributed by atoms with Gasteiger partial charge in [-0.25, -0.2) is 0 Å². The van der Waals surface area contributed by atoms with Crippen LogP contribution in [0, 0.1) is 0 Å². The van der Waals surface area contributed by atoms with E-state index in [4.69, 9.17) is 0 Å². The van der Waals surface area contributed by atoms with E-state index in [1.165, 1.54) is 97.7 Å². The Balaban J connectivity index is 1.14. The molecule has 0 amide bonds. The molecule has 0 N–H and O–H groups in total. The Hall–Kier alpha value is -8.76. The quantitative estimate of drug-likeness (QED) is 0.101. The van der Waals surface area contributed by atoms with Crippen LogP contribution >= 0.6 is 0 Å². The van der Waals surface area contributed by atoms with Crippen LogP contribution in [0.2, 0.25) is 0 Å². The topological polar surface area (TPSA) is 9.86 Å². The molecule has 324 valence electrons. The van der Waals surface area contributed by atoms with Crippen molar-refractivity contribution in [1.82, 2.24) is 9.13 Å². The lowest BCUT2D eigenvalue weighted by Crippen LogP contribution is -2.74. The van der Waals surface area contributed by atoms with Crippen molar-refractivity contribution in [1.29, 1.82) is 0 Å². The van der Waals surface area contributed by atoms with Gasteiger partial charge in [-0.05, 0) is 103 Å². The molecule has 13 rings (SSSR count). The van der Waals surface area contributed by atoms with Crippen LogP contribution in [-0.4, -0.2) is 17.2 Å². The van der Waals surface area contributed by atoms with Crippen LogP contribution in [0.3, 0.4) is 0 Å². The highest BCUT2D eigenvalue weighted by Crippen LogP contribution is 2.42. The molecule has 0 saturated heterocycles. The zero-order chi connectivity index (χ0) is 45.7. The predicted octanol–water partition coefficient (Wildman–Crippen LogP) is 14.3. The molecule has 13 aromatic rings. The molecule has 0 aliphatic carbocycles. The summed E-state index contributed by atoms with van der Waals surface area (Å²) in [5.74, 6) is 0. The molecule has 0 bridgehead atoms. The van der Waals surface area contributed by atoms with Gasteiger partial charge in [-0.2, -0.15) is 0 Å².